The van der Waals surface area contributed by atoms with Crippen molar-refractivity contribution in [2.45, 2.75) is 0 Å². The van der Waals surface area contributed by atoms with Crippen molar-refractivity contribution in [1.29, 1.82) is 0 Å². The lowest BCUT2D eigenvalue weighted by molar-refractivity contribution is -0.122. The summed E-state index contributed by atoms with van der Waals surface area (Å²) in [4.78, 5) is 10.2. The Kier molecular flexibility index (Phi) is 1.24. The Balaban J connectivity index is 2.25. The van der Waals surface area contributed by atoms with Gasteiger partial charge in [-0.3, -0.25) is 10.1 Å². The van der Waals surface area contributed by atoms with Crippen molar-refractivity contribution >= 4 is 5.91 Å². The molecular weight excluding hydrogens is 94.1 g/mol. The summed E-state index contributed by atoms with van der Waals surface area (Å²) in [7, 11) is 0. The van der Waals surface area contributed by atoms with Crippen molar-refractivity contribution in [3.05, 3.63) is 0 Å². The largest absolute Gasteiger partial charge is 0.294 e. The van der Waals surface area contributed by atoms with Gasteiger partial charge >= 0.3 is 0 Å². The van der Waals surface area contributed by atoms with E-state index in [4.69, 9.17) is 0 Å². The maximum Gasteiger partial charge on any atom is 0.271 e. The van der Waals surface area contributed by atoms with Crippen molar-refractivity contribution in [3.63, 3.8) is 0 Å². The van der Waals surface area contributed by atoms with Gasteiger partial charge in [-0.15, -0.1) is 0 Å². The lowest BCUT2D eigenvalue weighted by Gasteiger charge is -2.09. The topological polar surface area (TPSA) is 55.2 Å². The van der Waals surface area contributed by atoms with Crippen LogP contribution in [-0.4, -0.2) is 19.1 Å². The molecule has 0 unspecified atom stereocenters. The fourth-order valence-electron chi connectivity index (χ4n) is 0.393. The Morgan fingerprint density at radius 3 is 2.86 bits per heavy atom. The van der Waals surface area contributed by atoms with E-state index < -0.39 is 0 Å². The average Bonchev–Trinajstić information content (AvgIpc) is 1.69. The van der Waals surface area contributed by atoms with Crippen molar-refractivity contribution in [2.24, 2.45) is 0 Å². The molecule has 39 valence electrons. The van der Waals surface area contributed by atoms with Gasteiger partial charge in [0.1, 0.15) is 0 Å². The molecule has 7 heavy (non-hydrogen) atoms. The third-order valence-corrected chi connectivity index (χ3v) is 0.684. The molecule has 0 aromatic rings. The Labute approximate surface area is 41.2 Å². The molecule has 0 bridgehead atoms. The van der Waals surface area contributed by atoms with Gasteiger partial charge in [-0.05, 0) is 0 Å². The molecule has 0 aromatic heterocycles. The quantitative estimate of drug-likeness (QED) is 0.377. The molecule has 1 fully saturated rings. The fraction of sp³-hybridized carbons (Fsp3) is 0.667. The van der Waals surface area contributed by atoms with Gasteiger partial charge in [0, 0.05) is 0 Å². The molecule has 4 heteroatoms. The van der Waals surface area contributed by atoms with Crippen LogP contribution in [-0.2, 0) is 4.79 Å². The average molecular weight is 100 g/mol. The van der Waals surface area contributed by atoms with E-state index in [-0.39, 0.29) is 5.91 Å². The minimum Gasteiger partial charge on any atom is -0.294 e. The summed E-state index contributed by atoms with van der Waals surface area (Å²) in [5.74, 6) is -0.133. The highest BCUT2D eigenvalue weighted by atomic mass is 16.2. The number of amides is 1. The number of hydrogen-bond acceptors (Lipinski definition) is 3. The van der Waals surface area contributed by atoms with E-state index in [2.05, 4.69) is 16.2 Å². The normalized spacial score (nSPS) is 21.4. The van der Waals surface area contributed by atoms with E-state index in [0.717, 1.165) is 0 Å². The lowest BCUT2D eigenvalue weighted by Crippen LogP contribution is -2.48. The highest BCUT2D eigenvalue weighted by molar-refractivity contribution is 5.77. The first-order valence-electron chi connectivity index (χ1n) is 2.07. The van der Waals surface area contributed by atoms with E-state index in [1.165, 1.54) is 0 Å². The predicted molar refractivity (Wildman–Crippen MR) is 23.1 cm³/mol. The molecule has 0 aromatic carbocycles. The van der Waals surface area contributed by atoms with Gasteiger partial charge in [0.05, 0.1) is 13.2 Å². The molecule has 0 atom stereocenters. The van der Waals surface area contributed by atoms with Gasteiger partial charge in [-0.2, -0.15) is 10.9 Å². The molecule has 1 aliphatic rings. The van der Waals surface area contributed by atoms with Gasteiger partial charge in [-0.25, -0.2) is 0 Å². The number of hydrogen-bond donors (Lipinski definition) is 2. The van der Waals surface area contributed by atoms with Crippen LogP contribution in [0.5, 0.6) is 0 Å². The van der Waals surface area contributed by atoms with Crippen LogP contribution in [0.2, 0.25) is 0 Å². The maximum atomic E-state index is 10.2. The highest BCUT2D eigenvalue weighted by Gasteiger charge is 2.04. The number of carbonyl (C=O) groups excluding carboxylic acids is 1. The van der Waals surface area contributed by atoms with Crippen LogP contribution in [0.25, 0.3) is 0 Å². The summed E-state index contributed by atoms with van der Waals surface area (Å²) in [6.45, 7) is 0.971. The Hall–Kier alpha value is -0.610. The lowest BCUT2D eigenvalue weighted by atomic mass is 10.6. The molecule has 1 radical (unpaired) electrons. The molecule has 0 aliphatic carbocycles. The molecule has 4 nitrogen and oxygen atoms in total. The molecule has 2 N–H and O–H groups in total. The summed E-state index contributed by atoms with van der Waals surface area (Å²) in [5, 5.41) is 2.78. The van der Waals surface area contributed by atoms with E-state index in [0.29, 0.717) is 13.2 Å². The third kappa shape index (κ3) is 1.13. The summed E-state index contributed by atoms with van der Waals surface area (Å²) in [6, 6.07) is 0. The smallest absolute Gasteiger partial charge is 0.271 e. The van der Waals surface area contributed by atoms with Crippen LogP contribution in [0.1, 0.15) is 0 Å². The first-order valence-corrected chi connectivity index (χ1v) is 2.07. The van der Waals surface area contributed by atoms with E-state index in [9.17, 15) is 4.79 Å². The molecule has 0 spiro atoms. The standard InChI is InChI=1S/C3H6N3O/c7-3-1-4-2-5-6-3/h4-5H,1-2H2. The number of nitrogens with one attached hydrogen (secondary N) is 2. The highest BCUT2D eigenvalue weighted by Crippen LogP contribution is 1.66. The summed E-state index contributed by atoms with van der Waals surface area (Å²) in [6.07, 6.45) is 0. The van der Waals surface area contributed by atoms with E-state index >= 15 is 0 Å². The molecule has 0 saturated carbocycles. The van der Waals surface area contributed by atoms with Gasteiger partial charge in [0.2, 0.25) is 0 Å². The number of rotatable bonds is 0. The molecule has 1 rings (SSSR count). The zero-order chi connectivity index (χ0) is 5.11. The second-order valence-corrected chi connectivity index (χ2v) is 1.27. The Morgan fingerprint density at radius 1 is 1.71 bits per heavy atom. The summed E-state index contributed by atoms with van der Waals surface area (Å²) < 4.78 is 0. The molecular formula is C3H6N3O. The summed E-state index contributed by atoms with van der Waals surface area (Å²) >= 11 is 0. The second kappa shape index (κ2) is 1.90. The first kappa shape index (κ1) is 4.55. The van der Waals surface area contributed by atoms with Crippen LogP contribution in [0.4, 0.5) is 0 Å². The zero-order valence-electron chi connectivity index (χ0n) is 3.77. The van der Waals surface area contributed by atoms with Gasteiger partial charge < -0.3 is 0 Å². The number of carbonyl (C=O) groups is 1. The van der Waals surface area contributed by atoms with Crippen molar-refractivity contribution in [1.82, 2.24) is 16.2 Å². The van der Waals surface area contributed by atoms with Crippen molar-refractivity contribution in [3.8, 4) is 0 Å². The van der Waals surface area contributed by atoms with Crippen LogP contribution < -0.4 is 16.2 Å². The molecule has 1 amide bonds. The molecule has 1 saturated heterocycles. The third-order valence-electron chi connectivity index (χ3n) is 0.684. The zero-order valence-corrected chi connectivity index (χ0v) is 3.77. The predicted octanol–water partition coefficient (Wildman–Crippen LogP) is -1.82. The van der Waals surface area contributed by atoms with Gasteiger partial charge in [-0.1, -0.05) is 0 Å². The monoisotopic (exact) mass is 100 g/mol. The summed E-state index contributed by atoms with van der Waals surface area (Å²) in [5.41, 5.74) is 5.88. The van der Waals surface area contributed by atoms with Gasteiger partial charge in [0.25, 0.3) is 5.91 Å². The van der Waals surface area contributed by atoms with Crippen LogP contribution in [0.3, 0.4) is 0 Å². The van der Waals surface area contributed by atoms with Crippen LogP contribution in [0, 0.1) is 0 Å². The van der Waals surface area contributed by atoms with Crippen LogP contribution in [0.15, 0.2) is 0 Å². The number of nitrogens with zero attached hydrogens (tertiary/aromatic N) is 1. The minimum absolute atomic E-state index is 0.133. The van der Waals surface area contributed by atoms with Crippen molar-refractivity contribution in [2.75, 3.05) is 13.2 Å². The van der Waals surface area contributed by atoms with Crippen molar-refractivity contribution < 1.29 is 4.79 Å². The van der Waals surface area contributed by atoms with Gasteiger partial charge in [0.15, 0.2) is 0 Å². The van der Waals surface area contributed by atoms with E-state index in [1.807, 2.05) is 0 Å². The van der Waals surface area contributed by atoms with Crippen LogP contribution >= 0.6 is 0 Å². The minimum atomic E-state index is -0.133. The first-order chi connectivity index (χ1) is 3.39. The van der Waals surface area contributed by atoms with E-state index in [1.54, 1.807) is 0 Å². The fourth-order valence-corrected chi connectivity index (χ4v) is 0.393. The SMILES string of the molecule is O=C1CNCN[N]1. The Bertz CT molecular complexity index is 74.2. The Morgan fingerprint density at radius 2 is 2.57 bits per heavy atom. The molecule has 1 aliphatic heterocycles. The second-order valence-electron chi connectivity index (χ2n) is 1.27. The maximum absolute atomic E-state index is 10.2. The molecule has 1 heterocycles.